The predicted molar refractivity (Wildman–Crippen MR) is 127 cm³/mol. The standard InChI is InChI=1S/C26H34F2O8S/c1-5-6-22-35-21-11-15-16-10-18(27)17-9-14(29)7-8-23(17,2)25(16,28)19(30)12-24(15,3)26(21,36-22)20(31)13-34-37(4,32)33/h7-9,15-16,18-19,21-22,30H,5-6,10-13H2,1-4H3/t15-,16-,18-,19-,21+,22?,23-,24-,25-,26+/m0/s1. The quantitative estimate of drug-likeness (QED) is 0.508. The zero-order valence-corrected chi connectivity index (χ0v) is 22.2. The minimum atomic E-state index is -3.94. The van der Waals surface area contributed by atoms with E-state index in [4.69, 9.17) is 13.7 Å². The first-order valence-corrected chi connectivity index (χ1v) is 14.6. The minimum absolute atomic E-state index is 0.0162. The van der Waals surface area contributed by atoms with Gasteiger partial charge < -0.3 is 14.6 Å². The van der Waals surface area contributed by atoms with E-state index in [0.717, 1.165) is 12.3 Å². The normalized spacial score (nSPS) is 48.6. The molecule has 1 N–H and O–H groups in total. The molecule has 1 heterocycles. The largest absolute Gasteiger partial charge is 0.390 e. The van der Waals surface area contributed by atoms with Crippen LogP contribution in [0.3, 0.4) is 0 Å². The van der Waals surface area contributed by atoms with Crippen molar-refractivity contribution in [1.82, 2.24) is 0 Å². The molecule has 0 radical (unpaired) electrons. The number of aliphatic hydroxyl groups excluding tert-OH is 1. The van der Waals surface area contributed by atoms with Crippen LogP contribution in [0.5, 0.6) is 0 Å². The van der Waals surface area contributed by atoms with E-state index in [9.17, 15) is 23.1 Å². The molecule has 5 rings (SSSR count). The highest BCUT2D eigenvalue weighted by Crippen LogP contribution is 2.72. The van der Waals surface area contributed by atoms with Gasteiger partial charge >= 0.3 is 0 Å². The van der Waals surface area contributed by atoms with Crippen LogP contribution in [0.4, 0.5) is 8.78 Å². The molecular weight excluding hydrogens is 510 g/mol. The Morgan fingerprint density at radius 2 is 1.97 bits per heavy atom. The summed E-state index contributed by atoms with van der Waals surface area (Å²) < 4.78 is 73.6. The maximum Gasteiger partial charge on any atom is 0.264 e. The molecule has 0 aromatic carbocycles. The first-order valence-electron chi connectivity index (χ1n) is 12.8. The number of halogens is 2. The van der Waals surface area contributed by atoms with E-state index in [1.54, 1.807) is 6.92 Å². The number of alkyl halides is 2. The van der Waals surface area contributed by atoms with Crippen molar-refractivity contribution in [2.45, 2.75) is 88.8 Å². The molecule has 1 aliphatic heterocycles. The van der Waals surface area contributed by atoms with E-state index in [0.29, 0.717) is 12.8 Å². The van der Waals surface area contributed by atoms with E-state index in [1.807, 2.05) is 6.92 Å². The van der Waals surface area contributed by atoms with E-state index in [-0.39, 0.29) is 24.8 Å². The second-order valence-corrected chi connectivity index (χ2v) is 13.3. The van der Waals surface area contributed by atoms with E-state index < -0.39 is 86.9 Å². The van der Waals surface area contributed by atoms with Gasteiger partial charge in [0.1, 0.15) is 12.8 Å². The number of ketones is 2. The summed E-state index contributed by atoms with van der Waals surface area (Å²) in [5.41, 5.74) is -6.72. The van der Waals surface area contributed by atoms with Crippen molar-refractivity contribution in [3.05, 3.63) is 23.8 Å². The molecule has 206 valence electrons. The zero-order chi connectivity index (χ0) is 27.2. The fourth-order valence-corrected chi connectivity index (χ4v) is 8.47. The van der Waals surface area contributed by atoms with E-state index in [1.165, 1.54) is 19.1 Å². The third kappa shape index (κ3) is 3.53. The second-order valence-electron chi connectivity index (χ2n) is 11.7. The fourth-order valence-electron chi connectivity index (χ4n) is 8.15. The number of ether oxygens (including phenoxy) is 2. The van der Waals surface area contributed by atoms with Crippen LogP contribution < -0.4 is 0 Å². The van der Waals surface area contributed by atoms with Gasteiger partial charge in [0.05, 0.1) is 18.5 Å². The molecule has 1 unspecified atom stereocenters. The summed E-state index contributed by atoms with van der Waals surface area (Å²) in [6, 6.07) is 0. The lowest BCUT2D eigenvalue weighted by Gasteiger charge is -2.63. The number of fused-ring (bicyclic) bond motifs is 7. The fraction of sp³-hybridized carbons (Fsp3) is 0.769. The zero-order valence-electron chi connectivity index (χ0n) is 21.4. The average molecular weight is 545 g/mol. The molecule has 0 amide bonds. The summed E-state index contributed by atoms with van der Waals surface area (Å²) in [4.78, 5) is 25.8. The summed E-state index contributed by atoms with van der Waals surface area (Å²) >= 11 is 0. The first-order chi connectivity index (χ1) is 17.1. The van der Waals surface area contributed by atoms with E-state index >= 15 is 8.78 Å². The molecule has 1 saturated heterocycles. The van der Waals surface area contributed by atoms with Crippen LogP contribution >= 0.6 is 0 Å². The van der Waals surface area contributed by atoms with Gasteiger partial charge in [-0.25, -0.2) is 8.78 Å². The van der Waals surface area contributed by atoms with Crippen LogP contribution in [-0.4, -0.2) is 73.9 Å². The van der Waals surface area contributed by atoms with Crippen molar-refractivity contribution in [1.29, 1.82) is 0 Å². The highest BCUT2D eigenvalue weighted by Gasteiger charge is 2.80. The van der Waals surface area contributed by atoms with Gasteiger partial charge in [0.25, 0.3) is 10.1 Å². The summed E-state index contributed by atoms with van der Waals surface area (Å²) in [6.45, 7) is 4.36. The lowest BCUT2D eigenvalue weighted by atomic mass is 9.44. The smallest absolute Gasteiger partial charge is 0.264 e. The van der Waals surface area contributed by atoms with Crippen LogP contribution in [0.1, 0.15) is 52.9 Å². The number of allylic oxidation sites excluding steroid dienone is 4. The number of aliphatic hydroxyl groups is 1. The summed E-state index contributed by atoms with van der Waals surface area (Å²) in [6.07, 6.45) is 0.604. The Bertz CT molecular complexity index is 1180. The Balaban J connectivity index is 1.59. The van der Waals surface area contributed by atoms with Gasteiger partial charge in [-0.3, -0.25) is 13.8 Å². The van der Waals surface area contributed by atoms with Crippen LogP contribution in [0.2, 0.25) is 0 Å². The van der Waals surface area contributed by atoms with Crippen LogP contribution in [-0.2, 0) is 33.4 Å². The van der Waals surface area contributed by atoms with Gasteiger partial charge in [-0.15, -0.1) is 0 Å². The lowest BCUT2D eigenvalue weighted by molar-refractivity contribution is -0.234. The number of hydrogen-bond acceptors (Lipinski definition) is 8. The van der Waals surface area contributed by atoms with Gasteiger partial charge in [0, 0.05) is 16.7 Å². The Labute approximate surface area is 215 Å². The number of hydrogen-bond donors (Lipinski definition) is 1. The molecule has 0 bridgehead atoms. The monoisotopic (exact) mass is 544 g/mol. The Hall–Kier alpha value is -1.53. The second kappa shape index (κ2) is 8.48. The number of carbonyl (C=O) groups is 2. The van der Waals surface area contributed by atoms with Crippen molar-refractivity contribution in [3.63, 3.8) is 0 Å². The highest BCUT2D eigenvalue weighted by atomic mass is 32.2. The lowest BCUT2D eigenvalue weighted by Crippen LogP contribution is -2.71. The van der Waals surface area contributed by atoms with Crippen molar-refractivity contribution < 1.29 is 45.6 Å². The number of rotatable bonds is 6. The molecule has 5 aliphatic rings. The molecule has 3 saturated carbocycles. The van der Waals surface area contributed by atoms with Gasteiger partial charge in [0.15, 0.2) is 29.1 Å². The molecule has 8 nitrogen and oxygen atoms in total. The maximum atomic E-state index is 17.4. The first kappa shape index (κ1) is 27.1. The molecular formula is C26H34F2O8S. The highest BCUT2D eigenvalue weighted by molar-refractivity contribution is 7.86. The molecule has 10 atom stereocenters. The minimum Gasteiger partial charge on any atom is -0.390 e. The third-order valence-electron chi connectivity index (χ3n) is 9.76. The maximum absolute atomic E-state index is 17.4. The molecule has 0 spiro atoms. The van der Waals surface area contributed by atoms with Gasteiger partial charge in [-0.2, -0.15) is 8.42 Å². The summed E-state index contributed by atoms with van der Waals surface area (Å²) in [7, 11) is -3.94. The van der Waals surface area contributed by atoms with Crippen LogP contribution in [0.15, 0.2) is 23.8 Å². The third-order valence-corrected chi connectivity index (χ3v) is 10.3. The topological polar surface area (TPSA) is 116 Å². The molecule has 37 heavy (non-hydrogen) atoms. The molecule has 4 aliphatic carbocycles. The molecule has 11 heteroatoms. The SMILES string of the molecule is CCCC1O[C@@H]2C[C@H]3[C@@H]4C[C@H](F)C5=CC(=O)C=C[C@]5(C)[C@@]4(F)[C@@H](O)C[C@]3(C)[C@]2(C(=O)COS(C)(=O)=O)O1. The van der Waals surface area contributed by atoms with Gasteiger partial charge in [-0.1, -0.05) is 26.3 Å². The van der Waals surface area contributed by atoms with Crippen LogP contribution in [0.25, 0.3) is 0 Å². The number of Topliss-reactive ketones (excluding diaryl/α,β-unsaturated/α-hetero) is 1. The van der Waals surface area contributed by atoms with Crippen LogP contribution in [0, 0.1) is 22.7 Å². The Morgan fingerprint density at radius 3 is 2.62 bits per heavy atom. The molecule has 4 fully saturated rings. The average Bonchev–Trinajstić information content (AvgIpc) is 3.28. The van der Waals surface area contributed by atoms with E-state index in [2.05, 4.69) is 0 Å². The molecule has 0 aromatic heterocycles. The summed E-state index contributed by atoms with van der Waals surface area (Å²) in [5.74, 6) is -2.73. The van der Waals surface area contributed by atoms with Gasteiger partial charge in [0.2, 0.25) is 0 Å². The predicted octanol–water partition coefficient (Wildman–Crippen LogP) is 2.74. The summed E-state index contributed by atoms with van der Waals surface area (Å²) in [5, 5.41) is 11.5. The number of carbonyl (C=O) groups excluding carboxylic acids is 2. The Kier molecular flexibility index (Phi) is 6.20. The van der Waals surface area contributed by atoms with Crippen molar-refractivity contribution >= 4 is 21.7 Å². The Morgan fingerprint density at radius 1 is 1.27 bits per heavy atom. The van der Waals surface area contributed by atoms with Crippen molar-refractivity contribution in [2.24, 2.45) is 22.7 Å². The van der Waals surface area contributed by atoms with Crippen molar-refractivity contribution in [2.75, 3.05) is 12.9 Å². The van der Waals surface area contributed by atoms with Crippen molar-refractivity contribution in [3.8, 4) is 0 Å². The molecule has 0 aromatic rings. The van der Waals surface area contributed by atoms with Gasteiger partial charge in [-0.05, 0) is 56.3 Å².